The van der Waals surface area contributed by atoms with Gasteiger partial charge in [0.1, 0.15) is 5.75 Å². The summed E-state index contributed by atoms with van der Waals surface area (Å²) in [5.74, 6) is 2.39. The topological polar surface area (TPSA) is 12.5 Å². The van der Waals surface area contributed by atoms with Gasteiger partial charge in [-0.05, 0) is 50.0 Å². The first-order valence-electron chi connectivity index (χ1n) is 6.33. The first kappa shape index (κ1) is 14.0. The lowest BCUT2D eigenvalue weighted by Gasteiger charge is -2.31. The Morgan fingerprint density at radius 3 is 2.67 bits per heavy atom. The maximum atomic E-state index is 6.05. The lowest BCUT2D eigenvalue weighted by atomic mass is 9.98. The third kappa shape index (κ3) is 3.53. The van der Waals surface area contributed by atoms with Crippen LogP contribution in [0.15, 0.2) is 18.2 Å². The molecule has 4 heteroatoms. The molecule has 0 saturated carbocycles. The van der Waals surface area contributed by atoms with Gasteiger partial charge in [-0.1, -0.05) is 11.6 Å². The maximum Gasteiger partial charge on any atom is 0.123 e. The Labute approximate surface area is 119 Å². The van der Waals surface area contributed by atoms with Crippen LogP contribution in [0.3, 0.4) is 0 Å². The Kier molecular flexibility index (Phi) is 5.16. The molecule has 1 fully saturated rings. The van der Waals surface area contributed by atoms with Crippen molar-refractivity contribution in [2.75, 3.05) is 26.1 Å². The molecule has 0 spiro atoms. The largest absolute Gasteiger partial charge is 0.496 e. The molecule has 1 aromatic rings. The van der Waals surface area contributed by atoms with Crippen LogP contribution >= 0.6 is 23.2 Å². The Hall–Kier alpha value is -0.440. The van der Waals surface area contributed by atoms with Crippen LogP contribution in [0.25, 0.3) is 0 Å². The van der Waals surface area contributed by atoms with E-state index in [0.29, 0.717) is 5.92 Å². The number of benzene rings is 1. The van der Waals surface area contributed by atoms with Gasteiger partial charge in [0.15, 0.2) is 0 Å². The molecule has 0 aliphatic carbocycles. The van der Waals surface area contributed by atoms with E-state index in [-0.39, 0.29) is 0 Å². The highest BCUT2D eigenvalue weighted by Crippen LogP contribution is 2.26. The third-order valence-corrected chi connectivity index (χ3v) is 4.23. The number of alkyl halides is 1. The Balaban J connectivity index is 1.99. The molecule has 1 aromatic carbocycles. The maximum absolute atomic E-state index is 6.05. The second-order valence-corrected chi connectivity index (χ2v) is 5.58. The summed E-state index contributed by atoms with van der Waals surface area (Å²) in [6, 6.07) is 5.79. The van der Waals surface area contributed by atoms with Crippen LogP contribution in [0.5, 0.6) is 5.75 Å². The number of hydrogen-bond donors (Lipinski definition) is 0. The molecule has 0 N–H and O–H groups in total. The molecule has 2 rings (SSSR count). The molecule has 18 heavy (non-hydrogen) atoms. The summed E-state index contributed by atoms with van der Waals surface area (Å²) in [5, 5.41) is 0.765. The van der Waals surface area contributed by atoms with E-state index in [1.165, 1.54) is 12.8 Å². The Bertz CT molecular complexity index is 389. The number of methoxy groups -OCH3 is 1. The zero-order chi connectivity index (χ0) is 13.0. The van der Waals surface area contributed by atoms with Crippen molar-refractivity contribution >= 4 is 23.2 Å². The number of halogens is 2. The summed E-state index contributed by atoms with van der Waals surface area (Å²) in [5.41, 5.74) is 1.16. The second-order valence-electron chi connectivity index (χ2n) is 4.83. The van der Waals surface area contributed by atoms with Gasteiger partial charge in [0.05, 0.1) is 7.11 Å². The Morgan fingerprint density at radius 2 is 2.06 bits per heavy atom. The number of nitrogens with zero attached hydrogens (tertiary/aromatic N) is 1. The minimum Gasteiger partial charge on any atom is -0.496 e. The average molecular weight is 288 g/mol. The summed E-state index contributed by atoms with van der Waals surface area (Å²) in [6.07, 6.45) is 2.37. The molecule has 1 aliphatic heterocycles. The molecular weight excluding hydrogens is 269 g/mol. The van der Waals surface area contributed by atoms with E-state index in [0.717, 1.165) is 41.8 Å². The van der Waals surface area contributed by atoms with Crippen LogP contribution in [0, 0.1) is 5.92 Å². The quantitative estimate of drug-likeness (QED) is 0.781. The van der Waals surface area contributed by atoms with Crippen molar-refractivity contribution in [1.82, 2.24) is 4.90 Å². The molecule has 0 amide bonds. The minimum atomic E-state index is 0.684. The summed E-state index contributed by atoms with van der Waals surface area (Å²) < 4.78 is 5.38. The number of piperidine rings is 1. The summed E-state index contributed by atoms with van der Waals surface area (Å²) in [6.45, 7) is 3.11. The van der Waals surface area contributed by atoms with Crippen molar-refractivity contribution in [3.63, 3.8) is 0 Å². The van der Waals surface area contributed by atoms with Gasteiger partial charge in [0, 0.05) is 23.0 Å². The molecule has 1 saturated heterocycles. The van der Waals surface area contributed by atoms with Gasteiger partial charge in [-0.3, -0.25) is 4.90 Å². The Morgan fingerprint density at radius 1 is 1.33 bits per heavy atom. The van der Waals surface area contributed by atoms with Gasteiger partial charge in [-0.25, -0.2) is 0 Å². The van der Waals surface area contributed by atoms with Crippen LogP contribution in [0.4, 0.5) is 0 Å². The van der Waals surface area contributed by atoms with E-state index in [1.807, 2.05) is 18.2 Å². The van der Waals surface area contributed by atoms with Gasteiger partial charge in [0.2, 0.25) is 0 Å². The number of ether oxygens (including phenoxy) is 1. The summed E-state index contributed by atoms with van der Waals surface area (Å²) in [7, 11) is 1.70. The van der Waals surface area contributed by atoms with E-state index in [2.05, 4.69) is 4.90 Å². The molecule has 100 valence electrons. The fourth-order valence-electron chi connectivity index (χ4n) is 2.41. The zero-order valence-corrected chi connectivity index (χ0v) is 12.2. The molecule has 0 atom stereocenters. The lowest BCUT2D eigenvalue weighted by Crippen LogP contribution is -2.33. The highest BCUT2D eigenvalue weighted by atomic mass is 35.5. The van der Waals surface area contributed by atoms with E-state index in [4.69, 9.17) is 27.9 Å². The summed E-state index contributed by atoms with van der Waals surface area (Å²) in [4.78, 5) is 2.44. The van der Waals surface area contributed by atoms with Crippen molar-refractivity contribution < 1.29 is 4.74 Å². The van der Waals surface area contributed by atoms with Crippen LogP contribution in [-0.2, 0) is 6.54 Å². The van der Waals surface area contributed by atoms with Crippen LogP contribution in [-0.4, -0.2) is 31.0 Å². The number of likely N-dealkylation sites (tertiary alicyclic amines) is 1. The van der Waals surface area contributed by atoms with Gasteiger partial charge < -0.3 is 4.74 Å². The van der Waals surface area contributed by atoms with E-state index >= 15 is 0 Å². The SMILES string of the molecule is COc1ccc(Cl)cc1CN1CCC(CCl)CC1. The third-order valence-electron chi connectivity index (χ3n) is 3.56. The van der Waals surface area contributed by atoms with E-state index < -0.39 is 0 Å². The van der Waals surface area contributed by atoms with Gasteiger partial charge in [-0.2, -0.15) is 0 Å². The van der Waals surface area contributed by atoms with Crippen LogP contribution in [0.2, 0.25) is 5.02 Å². The molecule has 0 aromatic heterocycles. The van der Waals surface area contributed by atoms with Crippen molar-refractivity contribution in [3.05, 3.63) is 28.8 Å². The van der Waals surface area contributed by atoms with E-state index in [9.17, 15) is 0 Å². The number of hydrogen-bond acceptors (Lipinski definition) is 2. The minimum absolute atomic E-state index is 0.684. The molecule has 0 unspecified atom stereocenters. The molecule has 2 nitrogen and oxygen atoms in total. The van der Waals surface area contributed by atoms with Crippen molar-refractivity contribution in [3.8, 4) is 5.75 Å². The van der Waals surface area contributed by atoms with Gasteiger partial charge in [-0.15, -0.1) is 11.6 Å². The predicted molar refractivity (Wildman–Crippen MR) is 76.7 cm³/mol. The van der Waals surface area contributed by atoms with Crippen molar-refractivity contribution in [2.45, 2.75) is 19.4 Å². The highest BCUT2D eigenvalue weighted by molar-refractivity contribution is 6.30. The molecule has 1 heterocycles. The average Bonchev–Trinajstić information content (AvgIpc) is 2.40. The van der Waals surface area contributed by atoms with Crippen molar-refractivity contribution in [1.29, 1.82) is 0 Å². The first-order valence-corrected chi connectivity index (χ1v) is 7.25. The molecular formula is C14H19Cl2NO. The molecule has 0 radical (unpaired) electrons. The smallest absolute Gasteiger partial charge is 0.123 e. The monoisotopic (exact) mass is 287 g/mol. The first-order chi connectivity index (χ1) is 8.72. The van der Waals surface area contributed by atoms with E-state index in [1.54, 1.807) is 7.11 Å². The van der Waals surface area contributed by atoms with Crippen LogP contribution in [0.1, 0.15) is 18.4 Å². The summed E-state index contributed by atoms with van der Waals surface area (Å²) >= 11 is 11.9. The normalized spacial score (nSPS) is 17.9. The standard InChI is InChI=1S/C14H19Cl2NO/c1-18-14-3-2-13(16)8-12(14)10-17-6-4-11(9-15)5-7-17/h2-3,8,11H,4-7,9-10H2,1H3. The van der Waals surface area contributed by atoms with Gasteiger partial charge >= 0.3 is 0 Å². The second kappa shape index (κ2) is 6.65. The van der Waals surface area contributed by atoms with Crippen LogP contribution < -0.4 is 4.74 Å². The number of rotatable bonds is 4. The van der Waals surface area contributed by atoms with Gasteiger partial charge in [0.25, 0.3) is 0 Å². The van der Waals surface area contributed by atoms with Crippen molar-refractivity contribution in [2.24, 2.45) is 5.92 Å². The zero-order valence-electron chi connectivity index (χ0n) is 10.7. The predicted octanol–water partition coefficient (Wildman–Crippen LogP) is 3.80. The fourth-order valence-corrected chi connectivity index (χ4v) is 2.91. The highest BCUT2D eigenvalue weighted by Gasteiger charge is 2.19. The lowest BCUT2D eigenvalue weighted by molar-refractivity contribution is 0.185. The molecule has 1 aliphatic rings. The molecule has 0 bridgehead atoms. The fraction of sp³-hybridized carbons (Fsp3) is 0.571.